The number of hydrogen-bond acceptors (Lipinski definition) is 4. The zero-order chi connectivity index (χ0) is 20.7. The molecule has 2 amide bonds. The molecule has 1 aliphatic rings. The molecule has 0 saturated carbocycles. The van der Waals surface area contributed by atoms with Crippen molar-refractivity contribution in [3.05, 3.63) is 29.3 Å². The van der Waals surface area contributed by atoms with Crippen molar-refractivity contribution in [3.8, 4) is 5.75 Å². The van der Waals surface area contributed by atoms with Crippen molar-refractivity contribution in [2.75, 3.05) is 33.3 Å². The van der Waals surface area contributed by atoms with Crippen molar-refractivity contribution < 1.29 is 19.1 Å². The van der Waals surface area contributed by atoms with Crippen LogP contribution in [0.4, 0.5) is 4.79 Å². The molecule has 0 unspecified atom stereocenters. The highest BCUT2D eigenvalue weighted by atomic mass is 35.5. The van der Waals surface area contributed by atoms with Gasteiger partial charge in [-0.1, -0.05) is 17.7 Å². The lowest BCUT2D eigenvalue weighted by Crippen LogP contribution is -2.43. The Hall–Kier alpha value is -1.95. The Balaban J connectivity index is 1.68. The van der Waals surface area contributed by atoms with Crippen LogP contribution in [0.5, 0.6) is 5.75 Å². The average Bonchev–Trinajstić information content (AvgIpc) is 2.61. The van der Waals surface area contributed by atoms with Crippen LogP contribution in [-0.4, -0.2) is 60.7 Å². The number of amides is 2. The summed E-state index contributed by atoms with van der Waals surface area (Å²) in [4.78, 5) is 28.0. The van der Waals surface area contributed by atoms with Gasteiger partial charge in [0.2, 0.25) is 5.91 Å². The van der Waals surface area contributed by atoms with Crippen LogP contribution >= 0.6 is 11.6 Å². The normalized spacial score (nSPS) is 15.2. The summed E-state index contributed by atoms with van der Waals surface area (Å²) in [6.07, 6.45) is 1.81. The standard InChI is InChI=1S/C21H31ClN2O4/c1-21(2,3)28-20(26)23(4)15-16-8-11-24(12-9-16)19(25)10-13-27-18-7-5-6-17(22)14-18/h5-7,14,16H,8-13,15H2,1-4H3. The summed E-state index contributed by atoms with van der Waals surface area (Å²) in [5, 5.41) is 0.613. The topological polar surface area (TPSA) is 59.1 Å². The maximum absolute atomic E-state index is 12.4. The maximum atomic E-state index is 12.4. The van der Waals surface area contributed by atoms with Crippen LogP contribution in [0, 0.1) is 5.92 Å². The van der Waals surface area contributed by atoms with E-state index in [0.29, 0.717) is 49.4 Å². The number of hydrogen-bond donors (Lipinski definition) is 0. The minimum atomic E-state index is -0.492. The highest BCUT2D eigenvalue weighted by molar-refractivity contribution is 6.30. The number of benzene rings is 1. The summed E-state index contributed by atoms with van der Waals surface area (Å²) in [6.45, 7) is 7.98. The van der Waals surface area contributed by atoms with E-state index in [1.165, 1.54) is 0 Å². The first-order valence-corrected chi connectivity index (χ1v) is 10.1. The van der Waals surface area contributed by atoms with Gasteiger partial charge in [0.25, 0.3) is 0 Å². The maximum Gasteiger partial charge on any atom is 0.410 e. The minimum absolute atomic E-state index is 0.0981. The Bertz CT molecular complexity index is 667. The van der Waals surface area contributed by atoms with Crippen LogP contribution in [0.1, 0.15) is 40.0 Å². The lowest BCUT2D eigenvalue weighted by molar-refractivity contribution is -0.133. The molecule has 1 aromatic carbocycles. The van der Waals surface area contributed by atoms with Gasteiger partial charge in [-0.2, -0.15) is 0 Å². The van der Waals surface area contributed by atoms with Gasteiger partial charge in [-0.15, -0.1) is 0 Å². The third-order valence-electron chi connectivity index (χ3n) is 4.59. The van der Waals surface area contributed by atoms with Gasteiger partial charge in [0.05, 0.1) is 13.0 Å². The summed E-state index contributed by atoms with van der Waals surface area (Å²) in [7, 11) is 1.76. The molecule has 6 nitrogen and oxygen atoms in total. The lowest BCUT2D eigenvalue weighted by Gasteiger charge is -2.34. The first-order chi connectivity index (χ1) is 13.1. The Morgan fingerprint density at radius 3 is 2.54 bits per heavy atom. The Morgan fingerprint density at radius 2 is 1.93 bits per heavy atom. The monoisotopic (exact) mass is 410 g/mol. The largest absolute Gasteiger partial charge is 0.493 e. The molecule has 1 aliphatic heterocycles. The van der Waals surface area contributed by atoms with Crippen molar-refractivity contribution in [2.45, 2.75) is 45.6 Å². The average molecular weight is 411 g/mol. The van der Waals surface area contributed by atoms with E-state index in [1.807, 2.05) is 37.8 Å². The number of halogens is 1. The zero-order valence-corrected chi connectivity index (χ0v) is 18.0. The molecular formula is C21H31ClN2O4. The van der Waals surface area contributed by atoms with Crippen molar-refractivity contribution in [1.29, 1.82) is 0 Å². The summed E-state index contributed by atoms with van der Waals surface area (Å²) in [6, 6.07) is 7.16. The number of ether oxygens (including phenoxy) is 2. The van der Waals surface area contributed by atoms with E-state index in [4.69, 9.17) is 21.1 Å². The highest BCUT2D eigenvalue weighted by Crippen LogP contribution is 2.21. The van der Waals surface area contributed by atoms with Crippen molar-refractivity contribution >= 4 is 23.6 Å². The SMILES string of the molecule is CN(CC1CCN(C(=O)CCOc2cccc(Cl)c2)CC1)C(=O)OC(C)(C)C. The van der Waals surface area contributed by atoms with E-state index < -0.39 is 5.60 Å². The van der Waals surface area contributed by atoms with Crippen LogP contribution in [0.15, 0.2) is 24.3 Å². The fraction of sp³-hybridized carbons (Fsp3) is 0.619. The van der Waals surface area contributed by atoms with Gasteiger partial charge in [-0.3, -0.25) is 4.79 Å². The number of nitrogens with zero attached hydrogens (tertiary/aromatic N) is 2. The smallest absolute Gasteiger partial charge is 0.410 e. The molecule has 0 atom stereocenters. The fourth-order valence-corrected chi connectivity index (χ4v) is 3.32. The number of rotatable bonds is 6. The van der Waals surface area contributed by atoms with E-state index in [-0.39, 0.29) is 12.0 Å². The van der Waals surface area contributed by atoms with Gasteiger partial charge in [-0.25, -0.2) is 4.79 Å². The van der Waals surface area contributed by atoms with E-state index in [9.17, 15) is 9.59 Å². The molecule has 0 aromatic heterocycles. The van der Waals surface area contributed by atoms with Crippen LogP contribution < -0.4 is 4.74 Å². The zero-order valence-electron chi connectivity index (χ0n) is 17.2. The molecular weight excluding hydrogens is 380 g/mol. The Kier molecular flexibility index (Phi) is 7.98. The van der Waals surface area contributed by atoms with Gasteiger partial charge in [0, 0.05) is 31.7 Å². The second kappa shape index (κ2) is 10.0. The summed E-state index contributed by atoms with van der Waals surface area (Å²) >= 11 is 5.92. The Morgan fingerprint density at radius 1 is 1.25 bits per heavy atom. The number of likely N-dealkylation sites (tertiary alicyclic amines) is 1. The van der Waals surface area contributed by atoms with Crippen molar-refractivity contribution in [1.82, 2.24) is 9.80 Å². The molecule has 1 aromatic rings. The predicted octanol–water partition coefficient (Wildman–Crippen LogP) is 4.21. The molecule has 7 heteroatoms. The second-order valence-corrected chi connectivity index (χ2v) is 8.68. The molecule has 0 bridgehead atoms. The van der Waals surface area contributed by atoms with Crippen LogP contribution in [0.2, 0.25) is 5.02 Å². The second-order valence-electron chi connectivity index (χ2n) is 8.24. The highest BCUT2D eigenvalue weighted by Gasteiger charge is 2.26. The van der Waals surface area contributed by atoms with E-state index in [2.05, 4.69) is 0 Å². The number of carbonyl (C=O) groups excluding carboxylic acids is 2. The molecule has 0 radical (unpaired) electrons. The minimum Gasteiger partial charge on any atom is -0.493 e. The number of piperidine rings is 1. The predicted molar refractivity (Wildman–Crippen MR) is 110 cm³/mol. The van der Waals surface area contributed by atoms with Gasteiger partial charge in [0.1, 0.15) is 11.4 Å². The Labute approximate surface area is 172 Å². The summed E-state index contributed by atoms with van der Waals surface area (Å²) in [5.74, 6) is 1.15. The van der Waals surface area contributed by atoms with Gasteiger partial charge in [0.15, 0.2) is 0 Å². The molecule has 0 spiro atoms. The van der Waals surface area contributed by atoms with Gasteiger partial charge >= 0.3 is 6.09 Å². The molecule has 156 valence electrons. The molecule has 0 N–H and O–H groups in total. The third-order valence-corrected chi connectivity index (χ3v) is 4.82. The van der Waals surface area contributed by atoms with Crippen LogP contribution in [-0.2, 0) is 9.53 Å². The van der Waals surface area contributed by atoms with E-state index in [0.717, 1.165) is 12.8 Å². The van der Waals surface area contributed by atoms with Gasteiger partial charge < -0.3 is 19.3 Å². The third kappa shape index (κ3) is 7.58. The molecule has 1 heterocycles. The first kappa shape index (κ1) is 22.3. The van der Waals surface area contributed by atoms with Crippen molar-refractivity contribution in [2.24, 2.45) is 5.92 Å². The van der Waals surface area contributed by atoms with Gasteiger partial charge in [-0.05, 0) is 57.7 Å². The molecule has 2 rings (SSSR count). The van der Waals surface area contributed by atoms with E-state index >= 15 is 0 Å². The molecule has 0 aliphatic carbocycles. The summed E-state index contributed by atoms with van der Waals surface area (Å²) in [5.41, 5.74) is -0.492. The van der Waals surface area contributed by atoms with Crippen LogP contribution in [0.3, 0.4) is 0 Å². The van der Waals surface area contributed by atoms with Crippen molar-refractivity contribution in [3.63, 3.8) is 0 Å². The lowest BCUT2D eigenvalue weighted by atomic mass is 9.96. The molecule has 1 saturated heterocycles. The summed E-state index contributed by atoms with van der Waals surface area (Å²) < 4.78 is 11.0. The fourth-order valence-electron chi connectivity index (χ4n) is 3.14. The van der Waals surface area contributed by atoms with Crippen LogP contribution in [0.25, 0.3) is 0 Å². The first-order valence-electron chi connectivity index (χ1n) is 9.74. The number of carbonyl (C=O) groups is 2. The van der Waals surface area contributed by atoms with E-state index in [1.54, 1.807) is 24.1 Å². The molecule has 1 fully saturated rings. The quantitative estimate of drug-likeness (QED) is 0.704. The molecule has 28 heavy (non-hydrogen) atoms.